The van der Waals surface area contributed by atoms with Crippen LogP contribution in [0, 0.1) is 0 Å². The van der Waals surface area contributed by atoms with E-state index in [2.05, 4.69) is 38.0 Å². The minimum Gasteiger partial charge on any atom is -0.490 e. The molecule has 0 spiro atoms. The maximum Gasteiger partial charge on any atom is 0.335 e. The summed E-state index contributed by atoms with van der Waals surface area (Å²) < 4.78 is 8.27. The minimum atomic E-state index is -0.948. The van der Waals surface area contributed by atoms with E-state index < -0.39 is 5.97 Å². The fourth-order valence-electron chi connectivity index (χ4n) is 5.45. The number of carbonyl (C=O) groups is 1. The molecule has 7 nitrogen and oxygen atoms in total. The van der Waals surface area contributed by atoms with Gasteiger partial charge in [-0.2, -0.15) is 0 Å². The summed E-state index contributed by atoms with van der Waals surface area (Å²) in [6.07, 6.45) is 8.75. The number of pyridine rings is 1. The molecule has 4 aromatic rings. The van der Waals surface area contributed by atoms with Crippen LogP contribution in [0.1, 0.15) is 59.5 Å². The van der Waals surface area contributed by atoms with Gasteiger partial charge in [-0.25, -0.2) is 4.79 Å². The monoisotopic (exact) mass is 524 g/mol. The van der Waals surface area contributed by atoms with Crippen LogP contribution in [0.5, 0.6) is 5.75 Å². The van der Waals surface area contributed by atoms with Crippen LogP contribution >= 0.6 is 12.2 Å². The summed E-state index contributed by atoms with van der Waals surface area (Å²) in [7, 11) is 0. The second-order valence-corrected chi connectivity index (χ2v) is 10.1. The summed E-state index contributed by atoms with van der Waals surface area (Å²) in [6.45, 7) is 0. The minimum absolute atomic E-state index is 0.190. The van der Waals surface area contributed by atoms with E-state index >= 15 is 0 Å². The highest BCUT2D eigenvalue weighted by atomic mass is 32.1. The first-order valence-corrected chi connectivity index (χ1v) is 13.3. The lowest BCUT2D eigenvalue weighted by molar-refractivity contribution is 0.0697. The van der Waals surface area contributed by atoms with Crippen molar-refractivity contribution in [3.05, 3.63) is 108 Å². The van der Waals surface area contributed by atoms with E-state index in [1.54, 1.807) is 18.3 Å². The van der Waals surface area contributed by atoms with Gasteiger partial charge < -0.3 is 24.6 Å². The number of anilines is 1. The molecule has 2 aromatic carbocycles. The first-order chi connectivity index (χ1) is 18.6. The highest BCUT2D eigenvalue weighted by Gasteiger charge is 2.42. The van der Waals surface area contributed by atoms with Crippen LogP contribution in [-0.4, -0.2) is 31.8 Å². The maximum atomic E-state index is 11.4. The van der Waals surface area contributed by atoms with Crippen LogP contribution in [0.2, 0.25) is 0 Å². The number of hydrogen-bond donors (Lipinski definition) is 2. The number of carboxylic acid groups (broad SMARTS) is 1. The first kappa shape index (κ1) is 24.2. The van der Waals surface area contributed by atoms with Crippen LogP contribution in [-0.2, 0) is 0 Å². The molecule has 2 fully saturated rings. The third-order valence-corrected chi connectivity index (χ3v) is 7.61. The van der Waals surface area contributed by atoms with Crippen LogP contribution in [0.25, 0.3) is 5.69 Å². The quantitative estimate of drug-likeness (QED) is 0.284. The van der Waals surface area contributed by atoms with Gasteiger partial charge in [-0.15, -0.1) is 0 Å². The topological polar surface area (TPSA) is 79.6 Å². The van der Waals surface area contributed by atoms with E-state index in [0.717, 1.165) is 41.4 Å². The van der Waals surface area contributed by atoms with Crippen LogP contribution in [0.15, 0.2) is 91.3 Å². The Balaban J connectivity index is 1.38. The van der Waals surface area contributed by atoms with Crippen molar-refractivity contribution in [2.45, 2.75) is 43.9 Å². The Hall–Kier alpha value is -4.17. The molecule has 1 saturated carbocycles. The zero-order chi connectivity index (χ0) is 26.1. The molecule has 6 rings (SSSR count). The Kier molecular flexibility index (Phi) is 6.55. The highest BCUT2D eigenvalue weighted by Crippen LogP contribution is 2.42. The van der Waals surface area contributed by atoms with Gasteiger partial charge in [-0.05, 0) is 111 Å². The molecule has 0 unspecified atom stereocenters. The van der Waals surface area contributed by atoms with Crippen LogP contribution in [0.3, 0.4) is 0 Å². The lowest BCUT2D eigenvalue weighted by atomic mass is 10.0. The largest absolute Gasteiger partial charge is 0.490 e. The molecule has 192 valence electrons. The summed E-state index contributed by atoms with van der Waals surface area (Å²) in [6, 6.07) is 24.6. The number of nitrogens with one attached hydrogen (secondary N) is 1. The van der Waals surface area contributed by atoms with Gasteiger partial charge in [0.25, 0.3) is 0 Å². The Morgan fingerprint density at radius 3 is 2.37 bits per heavy atom. The summed E-state index contributed by atoms with van der Waals surface area (Å²) in [5, 5.41) is 13.5. The fraction of sp³-hybridized carbons (Fsp3) is 0.233. The Morgan fingerprint density at radius 2 is 1.68 bits per heavy atom. The van der Waals surface area contributed by atoms with E-state index in [1.165, 1.54) is 12.8 Å². The second-order valence-electron chi connectivity index (χ2n) is 9.67. The summed E-state index contributed by atoms with van der Waals surface area (Å²) in [4.78, 5) is 18.2. The molecule has 8 heteroatoms. The zero-order valence-corrected chi connectivity index (χ0v) is 21.6. The SMILES string of the molecule is O=C(O)c1ccc(-n2cccc2[C@H]2[C@@H](c3ccccn3)NC(=S)N2c2ccc(OC3CCCC3)cc2)cc1. The van der Waals surface area contributed by atoms with Crippen molar-refractivity contribution in [1.82, 2.24) is 14.9 Å². The highest BCUT2D eigenvalue weighted by molar-refractivity contribution is 7.80. The summed E-state index contributed by atoms with van der Waals surface area (Å²) in [5.74, 6) is -0.0742. The van der Waals surface area contributed by atoms with Crippen molar-refractivity contribution in [1.29, 1.82) is 0 Å². The number of ether oxygens (including phenoxy) is 1. The van der Waals surface area contributed by atoms with E-state index in [-0.39, 0.29) is 17.6 Å². The van der Waals surface area contributed by atoms with E-state index in [4.69, 9.17) is 17.0 Å². The van der Waals surface area contributed by atoms with Gasteiger partial charge >= 0.3 is 5.97 Å². The van der Waals surface area contributed by atoms with Crippen molar-refractivity contribution in [2.24, 2.45) is 0 Å². The van der Waals surface area contributed by atoms with Crippen molar-refractivity contribution < 1.29 is 14.6 Å². The standard InChI is InChI=1S/C30H28N4O3S/c35-29(36)20-10-12-21(13-11-20)33-19-5-9-26(33)28-27(25-8-3-4-18-31-25)32-30(38)34(28)22-14-16-24(17-15-22)37-23-6-1-2-7-23/h3-5,8-19,23,27-28H,1-2,6-7H2,(H,32,38)(H,35,36)/t27-,28+/m1/s1. The molecule has 0 radical (unpaired) electrons. The normalized spacial score (nSPS) is 19.5. The predicted molar refractivity (Wildman–Crippen MR) is 150 cm³/mol. The molecular formula is C30H28N4O3S. The number of carboxylic acids is 1. The van der Waals surface area contributed by atoms with Crippen LogP contribution in [0.4, 0.5) is 5.69 Å². The Labute approximate surface area is 226 Å². The van der Waals surface area contributed by atoms with Gasteiger partial charge in [0.05, 0.1) is 23.4 Å². The number of aromatic nitrogens is 2. The number of thiocarbonyl (C=S) groups is 1. The molecule has 2 N–H and O–H groups in total. The molecule has 0 bridgehead atoms. The van der Waals surface area contributed by atoms with Gasteiger partial charge in [0.2, 0.25) is 0 Å². The van der Waals surface area contributed by atoms with E-state index in [1.807, 2.05) is 54.7 Å². The molecule has 2 atom stereocenters. The molecule has 1 aliphatic carbocycles. The number of rotatable bonds is 7. The van der Waals surface area contributed by atoms with Gasteiger partial charge in [-0.1, -0.05) is 6.07 Å². The molecule has 2 aliphatic rings. The average molecular weight is 525 g/mol. The molecule has 1 saturated heterocycles. The van der Waals surface area contributed by atoms with E-state index in [9.17, 15) is 9.90 Å². The smallest absolute Gasteiger partial charge is 0.335 e. The van der Waals surface area contributed by atoms with E-state index in [0.29, 0.717) is 11.2 Å². The number of aromatic carboxylic acids is 1. The molecule has 2 aromatic heterocycles. The first-order valence-electron chi connectivity index (χ1n) is 12.9. The predicted octanol–water partition coefficient (Wildman–Crippen LogP) is 6.07. The lowest BCUT2D eigenvalue weighted by Crippen LogP contribution is -2.30. The van der Waals surface area contributed by atoms with Crippen molar-refractivity contribution >= 4 is 29.0 Å². The number of nitrogens with zero attached hydrogens (tertiary/aromatic N) is 3. The maximum absolute atomic E-state index is 11.4. The molecular weight excluding hydrogens is 496 g/mol. The zero-order valence-electron chi connectivity index (χ0n) is 20.7. The van der Waals surface area contributed by atoms with Crippen molar-refractivity contribution in [3.8, 4) is 11.4 Å². The fourth-order valence-corrected chi connectivity index (χ4v) is 5.80. The lowest BCUT2D eigenvalue weighted by Gasteiger charge is -2.29. The van der Waals surface area contributed by atoms with Gasteiger partial charge in [0.1, 0.15) is 11.8 Å². The Bertz CT molecular complexity index is 1430. The molecule has 1 aliphatic heterocycles. The summed E-state index contributed by atoms with van der Waals surface area (Å²) in [5.41, 5.74) is 3.96. The third kappa shape index (κ3) is 4.63. The third-order valence-electron chi connectivity index (χ3n) is 7.29. The Morgan fingerprint density at radius 1 is 0.947 bits per heavy atom. The van der Waals surface area contributed by atoms with Crippen LogP contribution < -0.4 is 15.0 Å². The number of hydrogen-bond acceptors (Lipinski definition) is 4. The van der Waals surface area contributed by atoms with Gasteiger partial charge in [-0.3, -0.25) is 4.98 Å². The second kappa shape index (κ2) is 10.3. The van der Waals surface area contributed by atoms with Gasteiger partial charge in [0.15, 0.2) is 5.11 Å². The van der Waals surface area contributed by atoms with Crippen molar-refractivity contribution in [2.75, 3.05) is 4.90 Å². The number of benzene rings is 2. The molecule has 3 heterocycles. The summed E-state index contributed by atoms with van der Waals surface area (Å²) >= 11 is 5.89. The van der Waals surface area contributed by atoms with Crippen molar-refractivity contribution in [3.63, 3.8) is 0 Å². The average Bonchev–Trinajstić information content (AvgIpc) is 3.70. The molecule has 38 heavy (non-hydrogen) atoms. The molecule has 0 amide bonds. The van der Waals surface area contributed by atoms with Gasteiger partial charge in [0, 0.05) is 29.5 Å².